The molecule has 1 rings (SSSR count). The third-order valence-electron chi connectivity index (χ3n) is 1.23. The van der Waals surface area contributed by atoms with Gasteiger partial charge in [0, 0.05) is 6.42 Å². The largest absolute Gasteiger partial charge is 0.512 e. The number of esters is 1. The van der Waals surface area contributed by atoms with E-state index in [1.54, 1.807) is 0 Å². The Labute approximate surface area is 57.7 Å². The lowest BCUT2D eigenvalue weighted by atomic mass is 10.1. The molecular formula is C6H8O4. The maximum Gasteiger partial charge on any atom is 0.313 e. The monoisotopic (exact) mass is 144 g/mol. The van der Waals surface area contributed by atoms with E-state index in [2.05, 4.69) is 4.74 Å². The Morgan fingerprint density at radius 3 is 2.80 bits per heavy atom. The topological polar surface area (TPSA) is 66.8 Å². The van der Waals surface area contributed by atoms with Crippen molar-refractivity contribution in [2.45, 2.75) is 18.9 Å². The van der Waals surface area contributed by atoms with Crippen molar-refractivity contribution in [2.75, 3.05) is 0 Å². The van der Waals surface area contributed by atoms with Crippen molar-refractivity contribution in [3.63, 3.8) is 0 Å². The molecule has 10 heavy (non-hydrogen) atoms. The number of ether oxygens (including phenoxy) is 1. The molecule has 1 fully saturated rings. The summed E-state index contributed by atoms with van der Waals surface area (Å²) >= 11 is 0. The summed E-state index contributed by atoms with van der Waals surface area (Å²) in [5.74, 6) is -0.372. The lowest BCUT2D eigenvalue weighted by Crippen LogP contribution is -2.23. The highest BCUT2D eigenvalue weighted by Crippen LogP contribution is 2.16. The lowest BCUT2D eigenvalue weighted by Gasteiger charge is -2.17. The van der Waals surface area contributed by atoms with Crippen LogP contribution >= 0.6 is 0 Å². The van der Waals surface area contributed by atoms with Gasteiger partial charge in [0.15, 0.2) is 0 Å². The van der Waals surface area contributed by atoms with E-state index < -0.39 is 12.1 Å². The molecule has 1 aliphatic rings. The van der Waals surface area contributed by atoms with Gasteiger partial charge >= 0.3 is 5.97 Å². The number of cyclic esters (lactones) is 1. The second kappa shape index (κ2) is 2.70. The first-order valence-corrected chi connectivity index (χ1v) is 2.94. The van der Waals surface area contributed by atoms with E-state index in [-0.39, 0.29) is 18.6 Å². The molecule has 0 aromatic heterocycles. The molecule has 1 saturated heterocycles. The van der Waals surface area contributed by atoms with Crippen LogP contribution in [0, 0.1) is 0 Å². The Bertz CT molecular complexity index is 173. The van der Waals surface area contributed by atoms with Gasteiger partial charge < -0.3 is 14.9 Å². The predicted molar refractivity (Wildman–Crippen MR) is 32.0 cm³/mol. The van der Waals surface area contributed by atoms with Crippen molar-refractivity contribution in [3.8, 4) is 0 Å². The van der Waals surface area contributed by atoms with Gasteiger partial charge in [-0.1, -0.05) is 0 Å². The predicted octanol–water partition coefficient (Wildman–Crippen LogP) is 0.0837. The number of hydrogen-bond donors (Lipinski definition) is 2. The quantitative estimate of drug-likeness (QED) is 0.373. The van der Waals surface area contributed by atoms with Crippen LogP contribution in [0.5, 0.6) is 0 Å². The van der Waals surface area contributed by atoms with Gasteiger partial charge in [0.25, 0.3) is 0 Å². The number of aliphatic hydroxyl groups excluding tert-OH is 2. The van der Waals surface area contributed by atoms with Crippen LogP contribution in [-0.4, -0.2) is 22.3 Å². The number of aliphatic hydroxyl groups is 2. The Hall–Kier alpha value is -1.03. The van der Waals surface area contributed by atoms with Crippen LogP contribution < -0.4 is 0 Å². The average Bonchev–Trinajstić information content (AvgIpc) is 1.85. The molecule has 0 unspecified atom stereocenters. The first-order valence-electron chi connectivity index (χ1n) is 2.94. The van der Waals surface area contributed by atoms with Crippen molar-refractivity contribution in [1.29, 1.82) is 0 Å². The molecule has 0 aliphatic carbocycles. The molecule has 0 aromatic carbocycles. The lowest BCUT2D eigenvalue weighted by molar-refractivity contribution is -0.146. The standard InChI is InChI=1S/C6H8O4/c7-3-5-1-4(8)2-6(9)10-5/h3-4,7-8H,1-2H2/b5-3+/t4-/m1/s1. The second-order valence-corrected chi connectivity index (χ2v) is 2.13. The van der Waals surface area contributed by atoms with E-state index in [0.717, 1.165) is 0 Å². The minimum absolute atomic E-state index is 0.0112. The van der Waals surface area contributed by atoms with Gasteiger partial charge in [0.2, 0.25) is 0 Å². The summed E-state index contributed by atoms with van der Waals surface area (Å²) in [6.07, 6.45) is 0.208. The van der Waals surface area contributed by atoms with E-state index in [0.29, 0.717) is 6.26 Å². The van der Waals surface area contributed by atoms with Crippen LogP contribution in [0.4, 0.5) is 0 Å². The molecule has 56 valence electrons. The molecule has 0 radical (unpaired) electrons. The fourth-order valence-corrected chi connectivity index (χ4v) is 0.805. The van der Waals surface area contributed by atoms with Crippen molar-refractivity contribution in [1.82, 2.24) is 0 Å². The summed E-state index contributed by atoms with van der Waals surface area (Å²) in [4.78, 5) is 10.5. The van der Waals surface area contributed by atoms with E-state index in [4.69, 9.17) is 10.2 Å². The highest BCUT2D eigenvalue weighted by molar-refractivity contribution is 5.72. The minimum atomic E-state index is -0.709. The van der Waals surface area contributed by atoms with Gasteiger partial charge in [-0.25, -0.2) is 0 Å². The second-order valence-electron chi connectivity index (χ2n) is 2.13. The van der Waals surface area contributed by atoms with Gasteiger partial charge in [-0.3, -0.25) is 4.79 Å². The van der Waals surface area contributed by atoms with Crippen LogP contribution in [0.25, 0.3) is 0 Å². The highest BCUT2D eigenvalue weighted by atomic mass is 16.5. The summed E-state index contributed by atoms with van der Waals surface area (Å²) in [7, 11) is 0. The molecule has 1 aliphatic heterocycles. The van der Waals surface area contributed by atoms with E-state index in [1.807, 2.05) is 0 Å². The Morgan fingerprint density at radius 2 is 2.30 bits per heavy atom. The molecular weight excluding hydrogens is 136 g/mol. The molecule has 0 spiro atoms. The van der Waals surface area contributed by atoms with E-state index in [9.17, 15) is 4.79 Å². The first-order chi connectivity index (χ1) is 4.72. The zero-order valence-corrected chi connectivity index (χ0v) is 5.28. The zero-order chi connectivity index (χ0) is 7.56. The molecule has 4 nitrogen and oxygen atoms in total. The Morgan fingerprint density at radius 1 is 1.60 bits per heavy atom. The molecule has 0 saturated carbocycles. The fraction of sp³-hybridized carbons (Fsp3) is 0.500. The van der Waals surface area contributed by atoms with Gasteiger partial charge in [0.05, 0.1) is 12.5 Å². The molecule has 4 heteroatoms. The summed E-state index contributed by atoms with van der Waals surface area (Å²) in [5, 5.41) is 17.3. The smallest absolute Gasteiger partial charge is 0.313 e. The zero-order valence-electron chi connectivity index (χ0n) is 5.28. The van der Waals surface area contributed by atoms with Gasteiger partial charge in [0.1, 0.15) is 12.0 Å². The SMILES string of the molecule is O=C1C[C@H](O)C/C(=C\O)O1. The maximum absolute atomic E-state index is 10.5. The Kier molecular flexibility index (Phi) is 1.91. The summed E-state index contributed by atoms with van der Waals surface area (Å²) in [6.45, 7) is 0. The van der Waals surface area contributed by atoms with Crippen LogP contribution in [0.2, 0.25) is 0 Å². The maximum atomic E-state index is 10.5. The molecule has 0 aromatic rings. The number of rotatable bonds is 0. The van der Waals surface area contributed by atoms with Crippen LogP contribution in [0.3, 0.4) is 0 Å². The highest BCUT2D eigenvalue weighted by Gasteiger charge is 2.22. The van der Waals surface area contributed by atoms with Crippen molar-refractivity contribution < 1.29 is 19.7 Å². The van der Waals surface area contributed by atoms with Gasteiger partial charge in [-0.2, -0.15) is 0 Å². The first kappa shape index (κ1) is 7.08. The average molecular weight is 144 g/mol. The molecule has 0 bridgehead atoms. The van der Waals surface area contributed by atoms with Crippen molar-refractivity contribution >= 4 is 5.97 Å². The third kappa shape index (κ3) is 1.48. The number of carbonyl (C=O) groups is 1. The Balaban J connectivity index is 2.59. The molecule has 0 amide bonds. The molecule has 2 N–H and O–H groups in total. The van der Waals surface area contributed by atoms with E-state index in [1.165, 1.54) is 0 Å². The van der Waals surface area contributed by atoms with Crippen LogP contribution in [0.15, 0.2) is 12.0 Å². The molecule has 1 atom stereocenters. The van der Waals surface area contributed by atoms with Crippen LogP contribution in [-0.2, 0) is 9.53 Å². The van der Waals surface area contributed by atoms with Crippen molar-refractivity contribution in [3.05, 3.63) is 12.0 Å². The third-order valence-corrected chi connectivity index (χ3v) is 1.23. The summed E-state index contributed by atoms with van der Waals surface area (Å²) in [5.41, 5.74) is 0. The van der Waals surface area contributed by atoms with Gasteiger partial charge in [-0.15, -0.1) is 0 Å². The summed E-state index contributed by atoms with van der Waals surface area (Å²) in [6, 6.07) is 0. The van der Waals surface area contributed by atoms with E-state index >= 15 is 0 Å². The number of hydrogen-bond acceptors (Lipinski definition) is 4. The minimum Gasteiger partial charge on any atom is -0.512 e. The van der Waals surface area contributed by atoms with Gasteiger partial charge in [-0.05, 0) is 0 Å². The molecule has 1 heterocycles. The normalized spacial score (nSPS) is 30.3. The fourth-order valence-electron chi connectivity index (χ4n) is 0.805. The van der Waals surface area contributed by atoms with Crippen molar-refractivity contribution in [2.24, 2.45) is 0 Å². The number of carbonyl (C=O) groups excluding carboxylic acids is 1. The summed E-state index contributed by atoms with van der Waals surface area (Å²) < 4.78 is 4.52. The van der Waals surface area contributed by atoms with Crippen LogP contribution in [0.1, 0.15) is 12.8 Å².